The quantitative estimate of drug-likeness (QED) is 0.921. The molecule has 0 aliphatic heterocycles. The Morgan fingerprint density at radius 3 is 2.83 bits per heavy atom. The summed E-state index contributed by atoms with van der Waals surface area (Å²) >= 11 is 6.00. The van der Waals surface area contributed by atoms with Crippen LogP contribution in [0.4, 0.5) is 0 Å². The van der Waals surface area contributed by atoms with E-state index in [1.165, 1.54) is 0 Å². The van der Waals surface area contributed by atoms with E-state index < -0.39 is 0 Å². The Labute approximate surface area is 111 Å². The number of halogens is 1. The van der Waals surface area contributed by atoms with Gasteiger partial charge in [-0.1, -0.05) is 17.7 Å². The third-order valence-electron chi connectivity index (χ3n) is 2.85. The van der Waals surface area contributed by atoms with Crippen molar-refractivity contribution in [2.75, 3.05) is 7.11 Å². The SMILES string of the molecule is COCc1ccc(C(N)c2cc(Cl)ccc2C)o1. The van der Waals surface area contributed by atoms with Gasteiger partial charge in [-0.2, -0.15) is 0 Å². The van der Waals surface area contributed by atoms with Crippen LogP contribution in [0.25, 0.3) is 0 Å². The molecule has 0 fully saturated rings. The second kappa shape index (κ2) is 5.57. The van der Waals surface area contributed by atoms with Crippen molar-refractivity contribution in [2.45, 2.75) is 19.6 Å². The summed E-state index contributed by atoms with van der Waals surface area (Å²) < 4.78 is 10.7. The van der Waals surface area contributed by atoms with Crippen LogP contribution in [0.5, 0.6) is 0 Å². The van der Waals surface area contributed by atoms with Gasteiger partial charge in [-0.15, -0.1) is 0 Å². The monoisotopic (exact) mass is 265 g/mol. The topological polar surface area (TPSA) is 48.4 Å². The summed E-state index contributed by atoms with van der Waals surface area (Å²) in [6.45, 7) is 2.45. The van der Waals surface area contributed by atoms with Crippen molar-refractivity contribution in [1.82, 2.24) is 0 Å². The van der Waals surface area contributed by atoms with Crippen molar-refractivity contribution in [1.29, 1.82) is 0 Å². The van der Waals surface area contributed by atoms with E-state index in [4.69, 9.17) is 26.5 Å². The second-order valence-electron chi connectivity index (χ2n) is 4.22. The van der Waals surface area contributed by atoms with Gasteiger partial charge in [0.15, 0.2) is 0 Å². The van der Waals surface area contributed by atoms with Crippen LogP contribution in [0.3, 0.4) is 0 Å². The van der Waals surface area contributed by atoms with Crippen LogP contribution < -0.4 is 5.73 Å². The van der Waals surface area contributed by atoms with Gasteiger partial charge in [0.1, 0.15) is 18.1 Å². The van der Waals surface area contributed by atoms with E-state index >= 15 is 0 Å². The number of aryl methyl sites for hydroxylation is 1. The molecule has 1 unspecified atom stereocenters. The maximum atomic E-state index is 6.20. The zero-order valence-corrected chi connectivity index (χ0v) is 11.2. The summed E-state index contributed by atoms with van der Waals surface area (Å²) in [4.78, 5) is 0. The van der Waals surface area contributed by atoms with Gasteiger partial charge >= 0.3 is 0 Å². The lowest BCUT2D eigenvalue weighted by atomic mass is 10.0. The van der Waals surface area contributed by atoms with Crippen molar-refractivity contribution < 1.29 is 9.15 Å². The molecule has 1 aromatic heterocycles. The highest BCUT2D eigenvalue weighted by molar-refractivity contribution is 6.30. The van der Waals surface area contributed by atoms with Crippen LogP contribution in [0, 0.1) is 6.92 Å². The molecule has 0 radical (unpaired) electrons. The van der Waals surface area contributed by atoms with Crippen LogP contribution >= 0.6 is 11.6 Å². The molecule has 0 spiro atoms. The van der Waals surface area contributed by atoms with E-state index in [1.54, 1.807) is 7.11 Å². The molecule has 96 valence electrons. The Balaban J connectivity index is 2.29. The molecule has 2 rings (SSSR count). The second-order valence-corrected chi connectivity index (χ2v) is 4.65. The molecule has 0 saturated carbocycles. The molecular weight excluding hydrogens is 250 g/mol. The Hall–Kier alpha value is -1.29. The fraction of sp³-hybridized carbons (Fsp3) is 0.286. The van der Waals surface area contributed by atoms with Crippen molar-refractivity contribution in [3.63, 3.8) is 0 Å². The van der Waals surface area contributed by atoms with E-state index in [-0.39, 0.29) is 6.04 Å². The Morgan fingerprint density at radius 1 is 1.33 bits per heavy atom. The van der Waals surface area contributed by atoms with Crippen molar-refractivity contribution in [3.05, 3.63) is 58.0 Å². The molecule has 3 nitrogen and oxygen atoms in total. The fourth-order valence-corrected chi connectivity index (χ4v) is 2.06. The fourth-order valence-electron chi connectivity index (χ4n) is 1.88. The van der Waals surface area contributed by atoms with Crippen molar-refractivity contribution in [2.24, 2.45) is 5.73 Å². The molecule has 0 amide bonds. The van der Waals surface area contributed by atoms with E-state index in [0.29, 0.717) is 17.4 Å². The largest absolute Gasteiger partial charge is 0.462 e. The Morgan fingerprint density at radius 2 is 2.11 bits per heavy atom. The molecule has 1 atom stereocenters. The summed E-state index contributed by atoms with van der Waals surface area (Å²) in [6.07, 6.45) is 0. The highest BCUT2D eigenvalue weighted by atomic mass is 35.5. The van der Waals surface area contributed by atoms with Gasteiger partial charge in [0.2, 0.25) is 0 Å². The molecule has 1 aromatic carbocycles. The standard InChI is InChI=1S/C14H16ClNO2/c1-9-3-4-10(15)7-12(9)14(16)13-6-5-11(18-13)8-17-2/h3-7,14H,8,16H2,1-2H3. The first-order chi connectivity index (χ1) is 8.61. The number of methoxy groups -OCH3 is 1. The van der Waals surface area contributed by atoms with Crippen molar-refractivity contribution >= 4 is 11.6 Å². The summed E-state index contributed by atoms with van der Waals surface area (Å²) in [7, 11) is 1.63. The van der Waals surface area contributed by atoms with Gasteiger partial charge in [-0.05, 0) is 42.3 Å². The summed E-state index contributed by atoms with van der Waals surface area (Å²) in [5.41, 5.74) is 8.27. The number of furan rings is 1. The van der Waals surface area contributed by atoms with E-state index in [2.05, 4.69) is 0 Å². The first-order valence-corrected chi connectivity index (χ1v) is 6.09. The molecule has 0 bridgehead atoms. The van der Waals surface area contributed by atoms with Gasteiger partial charge in [-0.3, -0.25) is 0 Å². The highest BCUT2D eigenvalue weighted by Gasteiger charge is 2.15. The Kier molecular flexibility index (Phi) is 4.07. The molecule has 18 heavy (non-hydrogen) atoms. The van der Waals surface area contributed by atoms with Crippen molar-refractivity contribution in [3.8, 4) is 0 Å². The third kappa shape index (κ3) is 2.75. The summed E-state index contributed by atoms with van der Waals surface area (Å²) in [5, 5.41) is 0.676. The van der Waals surface area contributed by atoms with Gasteiger partial charge < -0.3 is 14.9 Å². The van der Waals surface area contributed by atoms with Gasteiger partial charge in [0, 0.05) is 12.1 Å². The minimum absolute atomic E-state index is 0.311. The molecule has 2 N–H and O–H groups in total. The number of hydrogen-bond donors (Lipinski definition) is 1. The predicted molar refractivity (Wildman–Crippen MR) is 71.6 cm³/mol. The summed E-state index contributed by atoms with van der Waals surface area (Å²) in [6, 6.07) is 9.12. The first kappa shape index (κ1) is 13.1. The number of hydrogen-bond acceptors (Lipinski definition) is 3. The molecular formula is C14H16ClNO2. The number of rotatable bonds is 4. The molecule has 0 saturated heterocycles. The predicted octanol–water partition coefficient (Wildman–Crippen LogP) is 3.44. The average molecular weight is 266 g/mol. The lowest BCUT2D eigenvalue weighted by molar-refractivity contribution is 0.162. The zero-order valence-electron chi connectivity index (χ0n) is 10.4. The zero-order chi connectivity index (χ0) is 13.1. The van der Waals surface area contributed by atoms with Crippen LogP contribution in [-0.2, 0) is 11.3 Å². The third-order valence-corrected chi connectivity index (χ3v) is 3.09. The van der Waals surface area contributed by atoms with Crippen LogP contribution in [0.15, 0.2) is 34.7 Å². The van der Waals surface area contributed by atoms with Crippen LogP contribution in [0.2, 0.25) is 5.02 Å². The number of ether oxygens (including phenoxy) is 1. The number of nitrogens with two attached hydrogens (primary N) is 1. The minimum Gasteiger partial charge on any atom is -0.462 e. The smallest absolute Gasteiger partial charge is 0.129 e. The highest BCUT2D eigenvalue weighted by Crippen LogP contribution is 2.26. The maximum absolute atomic E-state index is 6.20. The maximum Gasteiger partial charge on any atom is 0.129 e. The molecule has 2 aromatic rings. The van der Waals surface area contributed by atoms with Crippen LogP contribution in [0.1, 0.15) is 28.7 Å². The summed E-state index contributed by atoms with van der Waals surface area (Å²) in [5.74, 6) is 1.48. The minimum atomic E-state index is -0.311. The van der Waals surface area contributed by atoms with E-state index in [1.807, 2.05) is 37.3 Å². The lowest BCUT2D eigenvalue weighted by Crippen LogP contribution is -2.12. The van der Waals surface area contributed by atoms with E-state index in [0.717, 1.165) is 16.9 Å². The van der Waals surface area contributed by atoms with E-state index in [9.17, 15) is 0 Å². The van der Waals surface area contributed by atoms with Gasteiger partial charge in [-0.25, -0.2) is 0 Å². The van der Waals surface area contributed by atoms with Gasteiger partial charge in [0.25, 0.3) is 0 Å². The number of benzene rings is 1. The molecule has 0 aliphatic carbocycles. The van der Waals surface area contributed by atoms with Crippen LogP contribution in [-0.4, -0.2) is 7.11 Å². The average Bonchev–Trinajstić information content (AvgIpc) is 2.80. The molecule has 4 heteroatoms. The first-order valence-electron chi connectivity index (χ1n) is 5.71. The van der Waals surface area contributed by atoms with Gasteiger partial charge in [0.05, 0.1) is 6.04 Å². The molecule has 0 aliphatic rings. The lowest BCUT2D eigenvalue weighted by Gasteiger charge is -2.12. The normalized spacial score (nSPS) is 12.7. The Bertz CT molecular complexity index is 536. The molecule has 1 heterocycles.